The number of nitrogens with zero attached hydrogens (tertiary/aromatic N) is 2. The van der Waals surface area contributed by atoms with Crippen LogP contribution in [0.2, 0.25) is 5.15 Å². The maximum absolute atomic E-state index is 10.6. The number of hydrogen-bond donors (Lipinski definition) is 0. The molecule has 7 heteroatoms. The summed E-state index contributed by atoms with van der Waals surface area (Å²) < 4.78 is 22.5. The van der Waals surface area contributed by atoms with Crippen LogP contribution < -0.4 is 0 Å². The zero-order valence-electron chi connectivity index (χ0n) is 5.45. The lowest BCUT2D eigenvalue weighted by Crippen LogP contribution is -1.94. The summed E-state index contributed by atoms with van der Waals surface area (Å²) in [6, 6.07) is 1.18. The van der Waals surface area contributed by atoms with Crippen molar-refractivity contribution < 1.29 is 8.42 Å². The van der Waals surface area contributed by atoms with Crippen molar-refractivity contribution >= 4 is 31.3 Å². The van der Waals surface area contributed by atoms with Gasteiger partial charge in [-0.15, -0.1) is 0 Å². The van der Waals surface area contributed by atoms with E-state index < -0.39 is 9.05 Å². The van der Waals surface area contributed by atoms with Gasteiger partial charge >= 0.3 is 0 Å². The van der Waals surface area contributed by atoms with Crippen molar-refractivity contribution in [3.05, 3.63) is 11.2 Å². The van der Waals surface area contributed by atoms with Crippen LogP contribution in [-0.4, -0.2) is 18.2 Å². The topological polar surface area (TPSA) is 52.0 Å². The Bertz CT molecular complexity index is 350. The van der Waals surface area contributed by atoms with E-state index in [0.29, 0.717) is 0 Å². The number of aromatic nitrogens is 2. The molecule has 62 valence electrons. The molecule has 1 aromatic heterocycles. The standard InChI is InChI=1S/C4H4Cl2N2O2S/c1-8-3(5)2-4(7-8)11(6,9)10/h2H,1H3. The molecule has 0 amide bonds. The van der Waals surface area contributed by atoms with Crippen LogP contribution >= 0.6 is 22.3 Å². The minimum Gasteiger partial charge on any atom is -0.256 e. The van der Waals surface area contributed by atoms with E-state index in [4.69, 9.17) is 22.3 Å². The summed E-state index contributed by atoms with van der Waals surface area (Å²) in [5.41, 5.74) is 0. The summed E-state index contributed by atoms with van der Waals surface area (Å²) in [7, 11) is 2.75. The van der Waals surface area contributed by atoms with E-state index in [1.807, 2.05) is 0 Å². The molecular weight excluding hydrogens is 211 g/mol. The lowest BCUT2D eigenvalue weighted by Gasteiger charge is -1.86. The van der Waals surface area contributed by atoms with E-state index >= 15 is 0 Å². The lowest BCUT2D eigenvalue weighted by atomic mass is 10.7. The third kappa shape index (κ3) is 1.85. The van der Waals surface area contributed by atoms with Gasteiger partial charge in [0.05, 0.1) is 0 Å². The van der Waals surface area contributed by atoms with Crippen molar-refractivity contribution in [2.75, 3.05) is 0 Å². The molecule has 0 spiro atoms. The number of aryl methyl sites for hydroxylation is 1. The Morgan fingerprint density at radius 1 is 1.64 bits per heavy atom. The Balaban J connectivity index is 3.29. The first-order valence-electron chi connectivity index (χ1n) is 2.55. The highest BCUT2D eigenvalue weighted by Crippen LogP contribution is 2.16. The summed E-state index contributed by atoms with van der Waals surface area (Å²) in [5.74, 6) is 0. The van der Waals surface area contributed by atoms with Crippen molar-refractivity contribution in [1.29, 1.82) is 0 Å². The molecule has 11 heavy (non-hydrogen) atoms. The molecule has 0 unspecified atom stereocenters. The fraction of sp³-hybridized carbons (Fsp3) is 0.250. The van der Waals surface area contributed by atoms with Gasteiger partial charge in [-0.1, -0.05) is 11.6 Å². The van der Waals surface area contributed by atoms with E-state index in [9.17, 15) is 8.42 Å². The third-order valence-electron chi connectivity index (χ3n) is 1.05. The van der Waals surface area contributed by atoms with Gasteiger partial charge in [-0.05, 0) is 0 Å². The van der Waals surface area contributed by atoms with Gasteiger partial charge < -0.3 is 0 Å². The Hall–Kier alpha value is -0.260. The number of halogens is 2. The quantitative estimate of drug-likeness (QED) is 0.656. The average Bonchev–Trinajstić information content (AvgIpc) is 2.11. The van der Waals surface area contributed by atoms with E-state index in [-0.39, 0.29) is 10.2 Å². The molecular formula is C4H4Cl2N2O2S. The van der Waals surface area contributed by atoms with Crippen molar-refractivity contribution in [3.8, 4) is 0 Å². The van der Waals surface area contributed by atoms with Gasteiger partial charge in [0.15, 0.2) is 5.03 Å². The molecule has 0 saturated heterocycles. The van der Waals surface area contributed by atoms with Crippen LogP contribution in [0.1, 0.15) is 0 Å². The van der Waals surface area contributed by atoms with Gasteiger partial charge in [0, 0.05) is 23.8 Å². The first-order chi connectivity index (χ1) is 4.91. The normalized spacial score (nSPS) is 11.9. The average molecular weight is 215 g/mol. The Morgan fingerprint density at radius 3 is 2.36 bits per heavy atom. The van der Waals surface area contributed by atoms with Gasteiger partial charge in [-0.2, -0.15) is 5.10 Å². The predicted molar refractivity (Wildman–Crippen MR) is 41.3 cm³/mol. The van der Waals surface area contributed by atoms with Crippen molar-refractivity contribution in [2.24, 2.45) is 7.05 Å². The molecule has 1 rings (SSSR count). The second-order valence-corrected chi connectivity index (χ2v) is 4.77. The van der Waals surface area contributed by atoms with E-state index in [0.717, 1.165) is 0 Å². The molecule has 1 aromatic rings. The first-order valence-corrected chi connectivity index (χ1v) is 5.24. The molecule has 0 fully saturated rings. The highest BCUT2D eigenvalue weighted by molar-refractivity contribution is 8.13. The largest absolute Gasteiger partial charge is 0.280 e. The zero-order chi connectivity index (χ0) is 8.65. The molecule has 0 aliphatic heterocycles. The van der Waals surface area contributed by atoms with Crippen LogP contribution in [0.15, 0.2) is 11.1 Å². The van der Waals surface area contributed by atoms with E-state index in [2.05, 4.69) is 5.10 Å². The molecule has 0 radical (unpaired) electrons. The monoisotopic (exact) mass is 214 g/mol. The summed E-state index contributed by atoms with van der Waals surface area (Å²) in [6.45, 7) is 0. The van der Waals surface area contributed by atoms with Crippen molar-refractivity contribution in [3.63, 3.8) is 0 Å². The smallest absolute Gasteiger partial charge is 0.256 e. The van der Waals surface area contributed by atoms with Gasteiger partial charge in [-0.25, -0.2) is 8.42 Å². The van der Waals surface area contributed by atoms with Crippen LogP contribution in [0.4, 0.5) is 0 Å². The zero-order valence-corrected chi connectivity index (χ0v) is 7.78. The molecule has 0 saturated carbocycles. The first kappa shape index (κ1) is 8.83. The SMILES string of the molecule is Cn1nc(S(=O)(=O)Cl)cc1Cl. The van der Waals surface area contributed by atoms with Crippen LogP contribution in [0, 0.1) is 0 Å². The van der Waals surface area contributed by atoms with Crippen molar-refractivity contribution in [2.45, 2.75) is 5.03 Å². The molecule has 0 N–H and O–H groups in total. The van der Waals surface area contributed by atoms with Crippen LogP contribution in [0.3, 0.4) is 0 Å². The fourth-order valence-electron chi connectivity index (χ4n) is 0.539. The Kier molecular flexibility index (Phi) is 2.13. The summed E-state index contributed by atoms with van der Waals surface area (Å²) in [4.78, 5) is 0. The van der Waals surface area contributed by atoms with Crippen LogP contribution in [-0.2, 0) is 16.1 Å². The maximum Gasteiger partial charge on any atom is 0.280 e. The third-order valence-corrected chi connectivity index (χ3v) is 2.58. The van der Waals surface area contributed by atoms with Gasteiger partial charge in [0.2, 0.25) is 0 Å². The molecule has 1 heterocycles. The molecule has 0 aromatic carbocycles. The Labute approximate surface area is 73.1 Å². The highest BCUT2D eigenvalue weighted by Gasteiger charge is 2.15. The fourth-order valence-corrected chi connectivity index (χ4v) is 1.44. The second kappa shape index (κ2) is 2.66. The van der Waals surface area contributed by atoms with Crippen LogP contribution in [0.25, 0.3) is 0 Å². The number of hydrogen-bond acceptors (Lipinski definition) is 3. The van der Waals surface area contributed by atoms with Crippen molar-refractivity contribution in [1.82, 2.24) is 9.78 Å². The molecule has 0 aliphatic carbocycles. The molecule has 0 atom stereocenters. The van der Waals surface area contributed by atoms with Gasteiger partial charge in [0.25, 0.3) is 9.05 Å². The summed E-state index contributed by atoms with van der Waals surface area (Å²) in [5, 5.41) is 3.54. The minimum absolute atomic E-state index is 0.226. The lowest BCUT2D eigenvalue weighted by molar-refractivity contribution is 0.602. The summed E-state index contributed by atoms with van der Waals surface area (Å²) in [6.07, 6.45) is 0. The van der Waals surface area contributed by atoms with E-state index in [1.165, 1.54) is 17.8 Å². The molecule has 4 nitrogen and oxygen atoms in total. The Morgan fingerprint density at radius 2 is 2.18 bits per heavy atom. The second-order valence-electron chi connectivity index (χ2n) is 1.87. The molecule has 0 aliphatic rings. The maximum atomic E-state index is 10.6. The minimum atomic E-state index is -3.75. The van der Waals surface area contributed by atoms with Gasteiger partial charge in [0.1, 0.15) is 5.15 Å². The number of rotatable bonds is 1. The van der Waals surface area contributed by atoms with Crippen LogP contribution in [0.5, 0.6) is 0 Å². The predicted octanol–water partition coefficient (Wildman–Crippen LogP) is 1.00. The highest BCUT2D eigenvalue weighted by atomic mass is 35.7. The molecule has 0 bridgehead atoms. The van der Waals surface area contributed by atoms with E-state index in [1.54, 1.807) is 0 Å². The summed E-state index contributed by atoms with van der Waals surface area (Å²) >= 11 is 5.51. The van der Waals surface area contributed by atoms with Gasteiger partial charge in [-0.3, -0.25) is 4.68 Å².